The number of aliphatic hydroxyl groups is 1. The minimum absolute atomic E-state index is 0.0191. The highest BCUT2D eigenvalue weighted by atomic mass is 32.2. The summed E-state index contributed by atoms with van der Waals surface area (Å²) in [7, 11) is 1.82. The Kier molecular flexibility index (Phi) is 6.28. The number of hydrogen-bond donors (Lipinski definition) is 2. The van der Waals surface area contributed by atoms with E-state index >= 15 is 0 Å². The van der Waals surface area contributed by atoms with Crippen molar-refractivity contribution in [2.24, 2.45) is 0 Å². The number of piperazine rings is 1. The highest BCUT2D eigenvalue weighted by Crippen LogP contribution is 2.27. The summed E-state index contributed by atoms with van der Waals surface area (Å²) in [5.41, 5.74) is 0.519. The van der Waals surface area contributed by atoms with Crippen LogP contribution in [0.15, 0.2) is 29.4 Å². The van der Waals surface area contributed by atoms with Crippen LogP contribution in [-0.2, 0) is 4.79 Å². The SMILES string of the molecule is CN(CCO)c1cc(C=C2SC(=O)NC2=O)nc(N2CCN(c3ncccn3)CC2)n1. The van der Waals surface area contributed by atoms with Gasteiger partial charge in [0.1, 0.15) is 5.82 Å². The molecule has 2 N–H and O–H groups in total. The standard InChI is InChI=1S/C19H22N8O3S/c1-25(9-10-28)15-12-13(11-14-16(29)24-19(30)31-14)22-18(23-15)27-7-5-26(6-8-27)17-20-3-2-4-21-17/h2-4,11-12,28H,5-10H2,1H3,(H,24,29,30). The number of anilines is 3. The van der Waals surface area contributed by atoms with Crippen LogP contribution in [0.4, 0.5) is 22.5 Å². The predicted octanol–water partition coefficient (Wildman–Crippen LogP) is 0.346. The van der Waals surface area contributed by atoms with E-state index in [2.05, 4.69) is 35.1 Å². The summed E-state index contributed by atoms with van der Waals surface area (Å²) in [5, 5.41) is 11.1. The van der Waals surface area contributed by atoms with Crippen molar-refractivity contribution in [3.8, 4) is 0 Å². The van der Waals surface area contributed by atoms with Gasteiger partial charge in [0.15, 0.2) is 0 Å². The molecule has 0 radical (unpaired) electrons. The van der Waals surface area contributed by atoms with Gasteiger partial charge in [-0.3, -0.25) is 14.9 Å². The zero-order valence-electron chi connectivity index (χ0n) is 16.9. The summed E-state index contributed by atoms with van der Waals surface area (Å²) in [6.45, 7) is 3.17. The molecule has 12 heteroatoms. The molecule has 2 fully saturated rings. The Morgan fingerprint density at radius 1 is 1.13 bits per heavy atom. The van der Waals surface area contributed by atoms with E-state index in [4.69, 9.17) is 0 Å². The lowest BCUT2D eigenvalue weighted by atomic mass is 10.3. The maximum atomic E-state index is 11.9. The summed E-state index contributed by atoms with van der Waals surface area (Å²) in [6, 6.07) is 3.52. The summed E-state index contributed by atoms with van der Waals surface area (Å²) in [5.74, 6) is 1.41. The first-order valence-corrected chi connectivity index (χ1v) is 10.6. The van der Waals surface area contributed by atoms with Gasteiger partial charge in [-0.2, -0.15) is 4.98 Å². The lowest BCUT2D eigenvalue weighted by Gasteiger charge is -2.35. The highest BCUT2D eigenvalue weighted by molar-refractivity contribution is 8.18. The lowest BCUT2D eigenvalue weighted by molar-refractivity contribution is -0.115. The molecule has 0 atom stereocenters. The predicted molar refractivity (Wildman–Crippen MR) is 118 cm³/mol. The van der Waals surface area contributed by atoms with E-state index in [1.165, 1.54) is 0 Å². The van der Waals surface area contributed by atoms with Crippen molar-refractivity contribution >= 4 is 46.7 Å². The van der Waals surface area contributed by atoms with Gasteiger partial charge in [0, 0.05) is 58.2 Å². The topological polar surface area (TPSA) is 128 Å². The largest absolute Gasteiger partial charge is 0.395 e. The second-order valence-electron chi connectivity index (χ2n) is 6.97. The second kappa shape index (κ2) is 9.27. The number of carbonyl (C=O) groups excluding carboxylic acids is 2. The van der Waals surface area contributed by atoms with Gasteiger partial charge in [-0.15, -0.1) is 0 Å². The van der Waals surface area contributed by atoms with Crippen LogP contribution in [0.3, 0.4) is 0 Å². The molecule has 2 aliphatic heterocycles. The zero-order valence-corrected chi connectivity index (χ0v) is 17.7. The molecule has 2 aliphatic rings. The van der Waals surface area contributed by atoms with E-state index in [1.807, 2.05) is 11.9 Å². The number of carbonyl (C=O) groups is 2. The van der Waals surface area contributed by atoms with Crippen LogP contribution in [-0.4, -0.2) is 82.6 Å². The van der Waals surface area contributed by atoms with Crippen LogP contribution in [0.25, 0.3) is 6.08 Å². The minimum Gasteiger partial charge on any atom is -0.395 e. The van der Waals surface area contributed by atoms with Crippen LogP contribution in [0.2, 0.25) is 0 Å². The Bertz CT molecular complexity index is 995. The molecule has 4 heterocycles. The van der Waals surface area contributed by atoms with Gasteiger partial charge >= 0.3 is 0 Å². The monoisotopic (exact) mass is 442 g/mol. The molecule has 0 bridgehead atoms. The third-order valence-electron chi connectivity index (χ3n) is 4.87. The molecule has 162 valence electrons. The Morgan fingerprint density at radius 3 is 2.42 bits per heavy atom. The van der Waals surface area contributed by atoms with Gasteiger partial charge in [-0.25, -0.2) is 15.0 Å². The number of aromatic nitrogens is 4. The van der Waals surface area contributed by atoms with Gasteiger partial charge < -0.3 is 19.8 Å². The number of nitrogens with zero attached hydrogens (tertiary/aromatic N) is 7. The molecule has 4 rings (SSSR count). The van der Waals surface area contributed by atoms with E-state index in [0.29, 0.717) is 56.1 Å². The van der Waals surface area contributed by atoms with E-state index in [9.17, 15) is 14.7 Å². The molecule has 2 aromatic heterocycles. The fourth-order valence-corrected chi connectivity index (χ4v) is 3.90. The first kappa shape index (κ1) is 21.0. The summed E-state index contributed by atoms with van der Waals surface area (Å²) < 4.78 is 0. The number of hydrogen-bond acceptors (Lipinski definition) is 11. The average Bonchev–Trinajstić information content (AvgIpc) is 3.11. The molecular weight excluding hydrogens is 420 g/mol. The number of nitrogens with one attached hydrogen (secondary N) is 1. The van der Waals surface area contributed by atoms with Gasteiger partial charge in [-0.1, -0.05) is 0 Å². The maximum absolute atomic E-state index is 11.9. The van der Waals surface area contributed by atoms with Crippen LogP contribution in [0, 0.1) is 0 Å². The minimum atomic E-state index is -0.433. The molecule has 2 amide bonds. The van der Waals surface area contributed by atoms with Crippen LogP contribution >= 0.6 is 11.8 Å². The van der Waals surface area contributed by atoms with Crippen molar-refractivity contribution in [3.63, 3.8) is 0 Å². The molecule has 0 spiro atoms. The molecule has 11 nitrogen and oxygen atoms in total. The number of imide groups is 1. The van der Waals surface area contributed by atoms with E-state index < -0.39 is 11.1 Å². The average molecular weight is 443 g/mol. The fraction of sp³-hybridized carbons (Fsp3) is 0.368. The molecule has 31 heavy (non-hydrogen) atoms. The lowest BCUT2D eigenvalue weighted by Crippen LogP contribution is -2.47. The van der Waals surface area contributed by atoms with Crippen LogP contribution in [0.5, 0.6) is 0 Å². The Balaban J connectivity index is 1.58. The van der Waals surface area contributed by atoms with E-state index in [-0.39, 0.29) is 11.5 Å². The van der Waals surface area contributed by atoms with Crippen molar-refractivity contribution in [3.05, 3.63) is 35.1 Å². The Morgan fingerprint density at radius 2 is 1.81 bits per heavy atom. The first-order chi connectivity index (χ1) is 15.0. The molecular formula is C19H22N8O3S. The van der Waals surface area contributed by atoms with Crippen molar-refractivity contribution < 1.29 is 14.7 Å². The number of likely N-dealkylation sites (N-methyl/N-ethyl adjacent to an activating group) is 1. The van der Waals surface area contributed by atoms with Gasteiger partial charge in [0.2, 0.25) is 11.9 Å². The number of amides is 2. The normalized spacial score (nSPS) is 17.9. The first-order valence-electron chi connectivity index (χ1n) is 9.76. The summed E-state index contributed by atoms with van der Waals surface area (Å²) in [6.07, 6.45) is 5.03. The molecule has 0 aromatic carbocycles. The van der Waals surface area contributed by atoms with Gasteiger partial charge in [-0.05, 0) is 23.9 Å². The molecule has 0 saturated carbocycles. The molecule has 2 aromatic rings. The Hall–Kier alpha value is -3.25. The van der Waals surface area contributed by atoms with Crippen molar-refractivity contribution in [2.45, 2.75) is 0 Å². The van der Waals surface area contributed by atoms with Gasteiger partial charge in [0.25, 0.3) is 11.1 Å². The molecule has 0 unspecified atom stereocenters. The highest BCUT2D eigenvalue weighted by Gasteiger charge is 2.26. The smallest absolute Gasteiger partial charge is 0.290 e. The zero-order chi connectivity index (χ0) is 21.8. The van der Waals surface area contributed by atoms with Crippen molar-refractivity contribution in [1.29, 1.82) is 0 Å². The van der Waals surface area contributed by atoms with Crippen LogP contribution < -0.4 is 20.0 Å². The summed E-state index contributed by atoms with van der Waals surface area (Å²) in [4.78, 5) is 47.6. The maximum Gasteiger partial charge on any atom is 0.290 e. The van der Waals surface area contributed by atoms with Gasteiger partial charge in [0.05, 0.1) is 17.2 Å². The Labute approximate surface area is 183 Å². The fourth-order valence-electron chi connectivity index (χ4n) is 3.23. The number of rotatable bonds is 6. The van der Waals surface area contributed by atoms with E-state index in [1.54, 1.807) is 30.6 Å². The third kappa shape index (κ3) is 4.91. The van der Waals surface area contributed by atoms with E-state index in [0.717, 1.165) is 11.8 Å². The second-order valence-corrected chi connectivity index (χ2v) is 7.99. The quantitative estimate of drug-likeness (QED) is 0.601. The molecule has 0 aliphatic carbocycles. The summed E-state index contributed by atoms with van der Waals surface area (Å²) >= 11 is 0.846. The molecule has 2 saturated heterocycles. The van der Waals surface area contributed by atoms with Crippen molar-refractivity contribution in [2.75, 3.05) is 61.1 Å². The number of aliphatic hydroxyl groups excluding tert-OH is 1. The number of thioether (sulfide) groups is 1. The van der Waals surface area contributed by atoms with Crippen molar-refractivity contribution in [1.82, 2.24) is 25.3 Å². The third-order valence-corrected chi connectivity index (χ3v) is 5.68. The van der Waals surface area contributed by atoms with Crippen LogP contribution in [0.1, 0.15) is 5.69 Å².